The fraction of sp³-hybridized carbons (Fsp3) is 0.462. The van der Waals surface area contributed by atoms with Crippen LogP contribution in [0.15, 0.2) is 17.6 Å². The van der Waals surface area contributed by atoms with E-state index in [0.29, 0.717) is 6.04 Å². The molecule has 0 fully saturated rings. The Hall–Kier alpha value is -1.29. The van der Waals surface area contributed by atoms with Crippen LogP contribution in [-0.4, -0.2) is 18.1 Å². The smallest absolute Gasteiger partial charge is 0.106 e. The van der Waals surface area contributed by atoms with Gasteiger partial charge in [0, 0.05) is 13.1 Å². The molecular weight excluding hydrogens is 230 g/mol. The second-order valence-electron chi connectivity index (χ2n) is 4.45. The number of benzene rings is 1. The van der Waals surface area contributed by atoms with Crippen molar-refractivity contribution in [2.75, 3.05) is 17.7 Å². The molecule has 2 rings (SSSR count). The molecular formula is C13H19N3S. The summed E-state index contributed by atoms with van der Waals surface area (Å²) in [6.07, 6.45) is 2.36. The summed E-state index contributed by atoms with van der Waals surface area (Å²) in [6, 6.07) is 4.70. The van der Waals surface area contributed by atoms with Gasteiger partial charge in [0.25, 0.3) is 0 Å². The molecule has 0 bridgehead atoms. The minimum atomic E-state index is 0.499. The molecule has 1 heterocycles. The number of nitrogen functional groups attached to an aromatic ring is 1. The lowest BCUT2D eigenvalue weighted by Gasteiger charge is -2.28. The van der Waals surface area contributed by atoms with Gasteiger partial charge in [0.15, 0.2) is 0 Å². The molecule has 0 saturated carbocycles. The van der Waals surface area contributed by atoms with E-state index >= 15 is 0 Å². The molecule has 1 aromatic heterocycles. The standard InChI is InChI=1S/C13H19N3S/c1-4-5-9(2)16(3)10-6-7-11-13(12(10)14)15-8-17-11/h6-9H,4-5,14H2,1-3H3. The van der Waals surface area contributed by atoms with Crippen LogP contribution in [0.5, 0.6) is 0 Å². The summed E-state index contributed by atoms with van der Waals surface area (Å²) in [5, 5.41) is 0. The average molecular weight is 249 g/mol. The summed E-state index contributed by atoms with van der Waals surface area (Å²) in [5.41, 5.74) is 10.9. The highest BCUT2D eigenvalue weighted by molar-refractivity contribution is 7.16. The van der Waals surface area contributed by atoms with E-state index in [1.54, 1.807) is 11.3 Å². The number of aromatic nitrogens is 1. The maximum atomic E-state index is 6.20. The lowest BCUT2D eigenvalue weighted by atomic mass is 10.1. The minimum Gasteiger partial charge on any atom is -0.395 e. The molecule has 0 saturated heterocycles. The van der Waals surface area contributed by atoms with Gasteiger partial charge in [-0.1, -0.05) is 13.3 Å². The van der Waals surface area contributed by atoms with Gasteiger partial charge >= 0.3 is 0 Å². The first kappa shape index (κ1) is 12.2. The number of nitrogens with two attached hydrogens (primary N) is 1. The van der Waals surface area contributed by atoms with Crippen LogP contribution in [0.25, 0.3) is 10.2 Å². The van der Waals surface area contributed by atoms with Gasteiger partial charge < -0.3 is 10.6 Å². The van der Waals surface area contributed by atoms with E-state index in [9.17, 15) is 0 Å². The molecule has 0 radical (unpaired) electrons. The first-order valence-electron chi connectivity index (χ1n) is 5.99. The molecule has 17 heavy (non-hydrogen) atoms. The van der Waals surface area contributed by atoms with Crippen LogP contribution in [0.4, 0.5) is 11.4 Å². The van der Waals surface area contributed by atoms with Gasteiger partial charge in [-0.3, -0.25) is 0 Å². The SMILES string of the molecule is CCCC(C)N(C)c1ccc2scnc2c1N. The molecule has 0 amide bonds. The topological polar surface area (TPSA) is 42.2 Å². The van der Waals surface area contributed by atoms with Crippen LogP contribution in [0.2, 0.25) is 0 Å². The Bertz CT molecular complexity index is 506. The highest BCUT2D eigenvalue weighted by Gasteiger charge is 2.14. The first-order valence-corrected chi connectivity index (χ1v) is 6.87. The van der Waals surface area contributed by atoms with E-state index in [-0.39, 0.29) is 0 Å². The van der Waals surface area contributed by atoms with Crippen molar-refractivity contribution >= 4 is 32.9 Å². The molecule has 2 aromatic rings. The number of nitrogens with zero attached hydrogens (tertiary/aromatic N) is 2. The number of hydrogen-bond donors (Lipinski definition) is 1. The van der Waals surface area contributed by atoms with Crippen molar-refractivity contribution in [1.82, 2.24) is 4.98 Å². The molecule has 3 nitrogen and oxygen atoms in total. The average Bonchev–Trinajstić information content (AvgIpc) is 2.78. The summed E-state index contributed by atoms with van der Waals surface area (Å²) in [4.78, 5) is 6.58. The van der Waals surface area contributed by atoms with Crippen molar-refractivity contribution < 1.29 is 0 Å². The highest BCUT2D eigenvalue weighted by Crippen LogP contribution is 2.33. The van der Waals surface area contributed by atoms with Gasteiger partial charge in [0.1, 0.15) is 5.52 Å². The zero-order chi connectivity index (χ0) is 12.4. The maximum absolute atomic E-state index is 6.20. The molecule has 0 aliphatic carbocycles. The van der Waals surface area contributed by atoms with Crippen molar-refractivity contribution in [2.45, 2.75) is 32.7 Å². The Morgan fingerprint density at radius 1 is 1.47 bits per heavy atom. The third kappa shape index (κ3) is 2.22. The molecule has 0 spiro atoms. The minimum absolute atomic E-state index is 0.499. The van der Waals surface area contributed by atoms with E-state index in [4.69, 9.17) is 5.73 Å². The van der Waals surface area contributed by atoms with Crippen molar-refractivity contribution in [3.8, 4) is 0 Å². The van der Waals surface area contributed by atoms with E-state index in [1.807, 2.05) is 5.51 Å². The van der Waals surface area contributed by atoms with Crippen LogP contribution < -0.4 is 10.6 Å². The Labute approximate surface area is 106 Å². The number of rotatable bonds is 4. The number of fused-ring (bicyclic) bond motifs is 1. The second kappa shape index (κ2) is 4.92. The fourth-order valence-corrected chi connectivity index (χ4v) is 2.79. The highest BCUT2D eigenvalue weighted by atomic mass is 32.1. The van der Waals surface area contributed by atoms with Crippen LogP contribution in [-0.2, 0) is 0 Å². The lowest BCUT2D eigenvalue weighted by molar-refractivity contribution is 0.617. The monoisotopic (exact) mass is 249 g/mol. The van der Waals surface area contributed by atoms with Crippen LogP contribution >= 0.6 is 11.3 Å². The van der Waals surface area contributed by atoms with Gasteiger partial charge in [0.2, 0.25) is 0 Å². The van der Waals surface area contributed by atoms with E-state index < -0.39 is 0 Å². The number of thiazole rings is 1. The van der Waals surface area contributed by atoms with Gasteiger partial charge in [-0.25, -0.2) is 4.98 Å². The molecule has 1 unspecified atom stereocenters. The molecule has 1 atom stereocenters. The zero-order valence-corrected chi connectivity index (χ0v) is 11.4. The summed E-state index contributed by atoms with van der Waals surface area (Å²) in [5.74, 6) is 0. The summed E-state index contributed by atoms with van der Waals surface area (Å²) in [7, 11) is 2.10. The second-order valence-corrected chi connectivity index (χ2v) is 5.33. The third-order valence-corrected chi connectivity index (χ3v) is 4.06. The summed E-state index contributed by atoms with van der Waals surface area (Å²) in [6.45, 7) is 4.44. The van der Waals surface area contributed by atoms with Crippen LogP contribution in [0.3, 0.4) is 0 Å². The summed E-state index contributed by atoms with van der Waals surface area (Å²) < 4.78 is 1.16. The van der Waals surface area contributed by atoms with E-state index in [2.05, 4.69) is 42.9 Å². The van der Waals surface area contributed by atoms with Crippen molar-refractivity contribution in [3.05, 3.63) is 17.6 Å². The third-order valence-electron chi connectivity index (χ3n) is 3.27. The zero-order valence-electron chi connectivity index (χ0n) is 10.6. The van der Waals surface area contributed by atoms with Crippen LogP contribution in [0, 0.1) is 0 Å². The molecule has 92 valence electrons. The number of anilines is 2. The molecule has 4 heteroatoms. The largest absolute Gasteiger partial charge is 0.395 e. The predicted molar refractivity (Wildman–Crippen MR) is 76.8 cm³/mol. The molecule has 1 aromatic carbocycles. The Morgan fingerprint density at radius 2 is 2.24 bits per heavy atom. The Balaban J connectivity index is 2.37. The van der Waals surface area contributed by atoms with E-state index in [1.165, 1.54) is 12.8 Å². The lowest BCUT2D eigenvalue weighted by Crippen LogP contribution is -2.29. The quantitative estimate of drug-likeness (QED) is 0.843. The van der Waals surface area contributed by atoms with Crippen LogP contribution in [0.1, 0.15) is 26.7 Å². The van der Waals surface area contributed by atoms with Gasteiger partial charge in [0.05, 0.1) is 21.6 Å². The fourth-order valence-electron chi connectivity index (χ4n) is 2.10. The first-order chi connectivity index (χ1) is 8.15. The van der Waals surface area contributed by atoms with Crippen molar-refractivity contribution in [1.29, 1.82) is 0 Å². The Morgan fingerprint density at radius 3 is 2.94 bits per heavy atom. The number of hydrogen-bond acceptors (Lipinski definition) is 4. The van der Waals surface area contributed by atoms with Gasteiger partial charge in [-0.05, 0) is 25.5 Å². The van der Waals surface area contributed by atoms with Crippen molar-refractivity contribution in [2.24, 2.45) is 0 Å². The predicted octanol–water partition coefficient (Wildman–Crippen LogP) is 3.50. The summed E-state index contributed by atoms with van der Waals surface area (Å²) >= 11 is 1.63. The normalized spacial score (nSPS) is 12.9. The van der Waals surface area contributed by atoms with Crippen molar-refractivity contribution in [3.63, 3.8) is 0 Å². The van der Waals surface area contributed by atoms with Gasteiger partial charge in [-0.15, -0.1) is 11.3 Å². The maximum Gasteiger partial charge on any atom is 0.106 e. The van der Waals surface area contributed by atoms with E-state index in [0.717, 1.165) is 21.6 Å². The molecule has 2 N–H and O–H groups in total. The van der Waals surface area contributed by atoms with Gasteiger partial charge in [-0.2, -0.15) is 0 Å². The molecule has 0 aliphatic rings. The Kier molecular flexibility index (Phi) is 3.52. The molecule has 0 aliphatic heterocycles.